The van der Waals surface area contributed by atoms with Crippen LogP contribution in [0, 0.1) is 5.92 Å². The Kier molecular flexibility index (Phi) is 5.35. The van der Waals surface area contributed by atoms with Crippen LogP contribution in [-0.4, -0.2) is 53.0 Å². The minimum atomic E-state index is -1.22. The first kappa shape index (κ1) is 22.7. The number of methoxy groups -OCH3 is 1. The highest BCUT2D eigenvalue weighted by Crippen LogP contribution is 2.67. The molecule has 5 rings (SSSR count). The third-order valence-corrected chi connectivity index (χ3v) is 7.87. The molecule has 0 saturated heterocycles. The monoisotopic (exact) mass is 472 g/mol. The number of carboxylic acids is 1. The normalized spacial score (nSPS) is 30.9. The van der Waals surface area contributed by atoms with Crippen molar-refractivity contribution in [3.05, 3.63) is 35.1 Å². The maximum Gasteiger partial charge on any atom is 0.352 e. The van der Waals surface area contributed by atoms with Crippen molar-refractivity contribution in [1.29, 1.82) is 0 Å². The van der Waals surface area contributed by atoms with Gasteiger partial charge in [-0.1, -0.05) is 12.5 Å². The summed E-state index contributed by atoms with van der Waals surface area (Å²) in [5.41, 5.74) is 0.302. The summed E-state index contributed by atoms with van der Waals surface area (Å²) in [5.74, 6) is -1.19. The van der Waals surface area contributed by atoms with E-state index in [4.69, 9.17) is 24.1 Å². The Morgan fingerprint density at radius 3 is 2.79 bits per heavy atom. The summed E-state index contributed by atoms with van der Waals surface area (Å²) in [7, 11) is 1.57. The van der Waals surface area contributed by atoms with Crippen LogP contribution in [0.3, 0.4) is 0 Å². The van der Waals surface area contributed by atoms with Gasteiger partial charge in [0, 0.05) is 5.56 Å². The fourth-order valence-corrected chi connectivity index (χ4v) is 6.39. The van der Waals surface area contributed by atoms with Gasteiger partial charge in [0.05, 0.1) is 31.0 Å². The highest BCUT2D eigenvalue weighted by atomic mass is 16.6. The SMILES string of the molecule is COc1ccc2c3c1O[C@H]1C(OC(=O)[C@H](C)OC(=O)CCC(=O)O)=CC[C@@]4(O)[C@H](CCC[C@]314)C2. The Morgan fingerprint density at radius 1 is 1.26 bits per heavy atom. The summed E-state index contributed by atoms with van der Waals surface area (Å²) in [6.07, 6.45) is 2.66. The summed E-state index contributed by atoms with van der Waals surface area (Å²) in [6, 6.07) is 3.90. The van der Waals surface area contributed by atoms with E-state index in [0.717, 1.165) is 30.4 Å². The second-order valence-electron chi connectivity index (χ2n) is 9.58. The van der Waals surface area contributed by atoms with Crippen LogP contribution in [0.5, 0.6) is 11.5 Å². The van der Waals surface area contributed by atoms with Crippen LogP contribution in [0.25, 0.3) is 0 Å². The largest absolute Gasteiger partial charge is 0.493 e. The van der Waals surface area contributed by atoms with Crippen LogP contribution in [0.15, 0.2) is 24.0 Å². The summed E-state index contributed by atoms with van der Waals surface area (Å²) in [5, 5.41) is 20.7. The molecule has 0 radical (unpaired) electrons. The zero-order valence-corrected chi connectivity index (χ0v) is 19.2. The van der Waals surface area contributed by atoms with Crippen LogP contribution < -0.4 is 9.47 Å². The lowest BCUT2D eigenvalue weighted by molar-refractivity contribution is -0.171. The summed E-state index contributed by atoms with van der Waals surface area (Å²) in [4.78, 5) is 35.3. The standard InChI is InChI=1S/C25H28O9/c1-13(32-19(28)8-7-18(26)27)23(29)33-17-9-11-25(30)15-4-3-10-24(25)20-14(12-15)5-6-16(31-2)21(20)34-22(17)24/h5-6,9,13,15,22,30H,3-4,7-8,10-12H2,1-2H3,(H,26,27)/t13-,15+,22-,24-,25+/m0/s1. The topological polar surface area (TPSA) is 129 Å². The second-order valence-corrected chi connectivity index (χ2v) is 9.58. The van der Waals surface area contributed by atoms with Gasteiger partial charge >= 0.3 is 17.9 Å². The summed E-state index contributed by atoms with van der Waals surface area (Å²) in [6.45, 7) is 1.38. The minimum absolute atomic E-state index is 0.0711. The van der Waals surface area contributed by atoms with E-state index in [-0.39, 0.29) is 24.5 Å². The predicted molar refractivity (Wildman–Crippen MR) is 116 cm³/mol. The molecule has 4 aliphatic rings. The highest BCUT2D eigenvalue weighted by molar-refractivity contribution is 5.81. The van der Waals surface area contributed by atoms with Gasteiger partial charge in [-0.15, -0.1) is 0 Å². The van der Waals surface area contributed by atoms with E-state index in [0.29, 0.717) is 24.3 Å². The van der Waals surface area contributed by atoms with Gasteiger partial charge in [0.2, 0.25) is 0 Å². The lowest BCUT2D eigenvalue weighted by Crippen LogP contribution is -2.67. The molecule has 0 amide bonds. The quantitative estimate of drug-likeness (QED) is 0.575. The van der Waals surface area contributed by atoms with Gasteiger partial charge in [-0.25, -0.2) is 4.79 Å². The van der Waals surface area contributed by atoms with Crippen molar-refractivity contribution < 1.29 is 43.5 Å². The number of benzene rings is 1. The lowest BCUT2D eigenvalue weighted by Gasteiger charge is -2.59. The van der Waals surface area contributed by atoms with Crippen LogP contribution in [-0.2, 0) is 35.7 Å². The zero-order chi connectivity index (χ0) is 24.3. The molecule has 0 aromatic heterocycles. The minimum Gasteiger partial charge on any atom is -0.493 e. The molecule has 1 aromatic carbocycles. The number of rotatable bonds is 7. The van der Waals surface area contributed by atoms with Crippen molar-refractivity contribution in [2.75, 3.05) is 7.11 Å². The van der Waals surface area contributed by atoms with E-state index in [1.807, 2.05) is 12.1 Å². The van der Waals surface area contributed by atoms with Gasteiger partial charge in [0.25, 0.3) is 0 Å². The van der Waals surface area contributed by atoms with Gasteiger partial charge in [-0.2, -0.15) is 0 Å². The molecular formula is C25H28O9. The highest BCUT2D eigenvalue weighted by Gasteiger charge is 2.71. The molecule has 9 nitrogen and oxygen atoms in total. The molecule has 182 valence electrons. The smallest absolute Gasteiger partial charge is 0.352 e. The molecule has 9 heteroatoms. The Labute approximate surface area is 196 Å². The first-order valence-corrected chi connectivity index (χ1v) is 11.6. The van der Waals surface area contributed by atoms with Crippen LogP contribution >= 0.6 is 0 Å². The predicted octanol–water partition coefficient (Wildman–Crippen LogP) is 2.41. The molecule has 1 saturated carbocycles. The third-order valence-electron chi connectivity index (χ3n) is 7.87. The Hall–Kier alpha value is -3.07. The molecule has 2 bridgehead atoms. The molecule has 5 atom stereocenters. The Balaban J connectivity index is 1.43. The van der Waals surface area contributed by atoms with Crippen molar-refractivity contribution in [3.63, 3.8) is 0 Å². The van der Waals surface area contributed by atoms with Gasteiger partial charge in [0.1, 0.15) is 5.76 Å². The second kappa shape index (κ2) is 8.01. The average Bonchev–Trinajstić information content (AvgIpc) is 3.14. The number of hydrogen-bond donors (Lipinski definition) is 2. The van der Waals surface area contributed by atoms with E-state index in [1.165, 1.54) is 6.92 Å². The number of aliphatic carboxylic acids is 1. The van der Waals surface area contributed by atoms with E-state index in [2.05, 4.69) is 0 Å². The molecule has 1 aliphatic heterocycles. The Morgan fingerprint density at radius 2 is 2.06 bits per heavy atom. The van der Waals surface area contributed by atoms with Crippen molar-refractivity contribution in [1.82, 2.24) is 0 Å². The lowest BCUT2D eigenvalue weighted by atomic mass is 9.47. The first-order chi connectivity index (χ1) is 16.2. The zero-order valence-electron chi connectivity index (χ0n) is 19.2. The van der Waals surface area contributed by atoms with Crippen LogP contribution in [0.4, 0.5) is 0 Å². The van der Waals surface area contributed by atoms with Crippen molar-refractivity contribution in [3.8, 4) is 11.5 Å². The van der Waals surface area contributed by atoms with Crippen molar-refractivity contribution in [2.24, 2.45) is 5.92 Å². The molecule has 1 heterocycles. The van der Waals surface area contributed by atoms with Crippen molar-refractivity contribution in [2.45, 2.75) is 75.1 Å². The van der Waals surface area contributed by atoms with E-state index < -0.39 is 41.1 Å². The summed E-state index contributed by atoms with van der Waals surface area (Å²) < 4.78 is 22.7. The molecule has 1 aromatic rings. The number of esters is 2. The first-order valence-electron chi connectivity index (χ1n) is 11.6. The summed E-state index contributed by atoms with van der Waals surface area (Å²) >= 11 is 0. The average molecular weight is 472 g/mol. The molecule has 34 heavy (non-hydrogen) atoms. The Bertz CT molecular complexity index is 1090. The fraction of sp³-hybridized carbons (Fsp3) is 0.560. The molecule has 0 unspecified atom stereocenters. The number of carbonyl (C=O) groups excluding carboxylic acids is 2. The number of carboxylic acid groups (broad SMARTS) is 1. The number of carbonyl (C=O) groups is 3. The number of aliphatic hydroxyl groups is 1. The van der Waals surface area contributed by atoms with E-state index in [9.17, 15) is 19.5 Å². The van der Waals surface area contributed by atoms with Crippen LogP contribution in [0.1, 0.15) is 56.6 Å². The van der Waals surface area contributed by atoms with Crippen LogP contribution in [0.2, 0.25) is 0 Å². The fourth-order valence-electron chi connectivity index (χ4n) is 6.39. The molecule has 2 N–H and O–H groups in total. The number of ether oxygens (including phenoxy) is 4. The third kappa shape index (κ3) is 3.13. The number of hydrogen-bond acceptors (Lipinski definition) is 8. The van der Waals surface area contributed by atoms with Gasteiger partial charge in [0.15, 0.2) is 23.7 Å². The maximum atomic E-state index is 12.8. The van der Waals surface area contributed by atoms with E-state index in [1.54, 1.807) is 13.2 Å². The van der Waals surface area contributed by atoms with Gasteiger partial charge in [-0.05, 0) is 56.2 Å². The van der Waals surface area contributed by atoms with Gasteiger partial charge in [-0.3, -0.25) is 9.59 Å². The maximum absolute atomic E-state index is 12.8. The molecule has 3 aliphatic carbocycles. The van der Waals surface area contributed by atoms with E-state index >= 15 is 0 Å². The van der Waals surface area contributed by atoms with Crippen molar-refractivity contribution >= 4 is 17.9 Å². The van der Waals surface area contributed by atoms with Gasteiger partial charge < -0.3 is 29.2 Å². The molecular weight excluding hydrogens is 444 g/mol. The molecule has 1 spiro atoms. The molecule has 1 fully saturated rings.